The summed E-state index contributed by atoms with van der Waals surface area (Å²) in [5.74, 6) is -2.21. The first-order chi connectivity index (χ1) is 8.56. The summed E-state index contributed by atoms with van der Waals surface area (Å²) in [5, 5.41) is 26.3. The van der Waals surface area contributed by atoms with Crippen LogP contribution in [0.3, 0.4) is 0 Å². The molecule has 1 atom stereocenters. The van der Waals surface area contributed by atoms with E-state index in [0.717, 1.165) is 4.90 Å². The molecule has 1 fully saturated rings. The van der Waals surface area contributed by atoms with Crippen LogP contribution >= 0.6 is 0 Å². The number of nitriles is 2. The third-order valence-corrected chi connectivity index (χ3v) is 2.64. The van der Waals surface area contributed by atoms with Crippen molar-refractivity contribution < 1.29 is 14.7 Å². The van der Waals surface area contributed by atoms with Gasteiger partial charge in [0.1, 0.15) is 12.1 Å². The molecule has 90 valence electrons. The Morgan fingerprint density at radius 1 is 1.50 bits per heavy atom. The first-order valence-corrected chi connectivity index (χ1v) is 5.00. The number of H-pyrrole nitrogens is 1. The van der Waals surface area contributed by atoms with Crippen LogP contribution in [-0.2, 0) is 9.59 Å². The number of aliphatic carboxylic acids is 1. The molecule has 1 aliphatic heterocycles. The van der Waals surface area contributed by atoms with Gasteiger partial charge in [0.05, 0.1) is 5.92 Å². The molecular formula is C10H7N5O3. The van der Waals surface area contributed by atoms with E-state index < -0.39 is 17.8 Å². The van der Waals surface area contributed by atoms with Gasteiger partial charge >= 0.3 is 5.97 Å². The summed E-state index contributed by atoms with van der Waals surface area (Å²) in [6, 6.07) is 3.46. The normalized spacial score (nSPS) is 18.4. The molecule has 1 unspecified atom stereocenters. The molecule has 2 heterocycles. The number of aromatic nitrogens is 2. The van der Waals surface area contributed by atoms with Crippen molar-refractivity contribution in [3.05, 3.63) is 11.4 Å². The van der Waals surface area contributed by atoms with Crippen molar-refractivity contribution in [3.63, 3.8) is 0 Å². The smallest absolute Gasteiger partial charge is 0.308 e. The van der Waals surface area contributed by atoms with Crippen molar-refractivity contribution in [3.8, 4) is 12.1 Å². The second kappa shape index (κ2) is 4.18. The minimum absolute atomic E-state index is 0.0165. The minimum Gasteiger partial charge on any atom is -0.481 e. The van der Waals surface area contributed by atoms with Crippen molar-refractivity contribution in [1.29, 1.82) is 10.5 Å². The second-order valence-electron chi connectivity index (χ2n) is 3.75. The Bertz CT molecular complexity index is 575. The number of imidazole rings is 1. The molecule has 2 N–H and O–H groups in total. The summed E-state index contributed by atoms with van der Waals surface area (Å²) in [5.41, 5.74) is -0.154. The van der Waals surface area contributed by atoms with E-state index in [1.165, 1.54) is 0 Å². The number of nitrogens with one attached hydrogen (secondary N) is 1. The fourth-order valence-corrected chi connectivity index (χ4v) is 1.73. The fraction of sp³-hybridized carbons (Fsp3) is 0.300. The highest BCUT2D eigenvalue weighted by Crippen LogP contribution is 2.23. The molecule has 8 heteroatoms. The Labute approximate surface area is 101 Å². The van der Waals surface area contributed by atoms with Gasteiger partial charge in [0, 0.05) is 13.0 Å². The van der Waals surface area contributed by atoms with Crippen LogP contribution in [0.15, 0.2) is 0 Å². The molecule has 0 radical (unpaired) electrons. The highest BCUT2D eigenvalue weighted by molar-refractivity contribution is 5.98. The predicted molar refractivity (Wildman–Crippen MR) is 56.1 cm³/mol. The van der Waals surface area contributed by atoms with Gasteiger partial charge in [-0.05, 0) is 0 Å². The number of carbonyl (C=O) groups excluding carboxylic acids is 1. The van der Waals surface area contributed by atoms with Crippen molar-refractivity contribution in [2.24, 2.45) is 5.92 Å². The fourth-order valence-electron chi connectivity index (χ4n) is 1.73. The minimum atomic E-state index is -1.06. The maximum Gasteiger partial charge on any atom is 0.308 e. The molecule has 1 saturated heterocycles. The van der Waals surface area contributed by atoms with Crippen LogP contribution in [-0.4, -0.2) is 33.5 Å². The number of carboxylic acids is 1. The summed E-state index contributed by atoms with van der Waals surface area (Å²) in [6.07, 6.45) is -0.111. The molecule has 8 nitrogen and oxygen atoms in total. The molecule has 1 aromatic heterocycles. The molecule has 1 aliphatic rings. The van der Waals surface area contributed by atoms with E-state index in [4.69, 9.17) is 15.6 Å². The lowest BCUT2D eigenvalue weighted by molar-refractivity contribution is -0.141. The SMILES string of the molecule is N#Cc1nc(N2CC(C(=O)O)CC2=O)[nH]c1C#N. The average Bonchev–Trinajstić information content (AvgIpc) is 2.91. The predicted octanol–water partition coefficient (Wildman–Crippen LogP) is -0.409. The van der Waals surface area contributed by atoms with E-state index in [1.54, 1.807) is 12.1 Å². The van der Waals surface area contributed by atoms with Crippen LogP contribution in [0.2, 0.25) is 0 Å². The summed E-state index contributed by atoms with van der Waals surface area (Å²) in [7, 11) is 0. The van der Waals surface area contributed by atoms with Gasteiger partial charge in [0.2, 0.25) is 11.9 Å². The number of aromatic amines is 1. The number of amides is 1. The zero-order valence-corrected chi connectivity index (χ0v) is 9.04. The van der Waals surface area contributed by atoms with Crippen LogP contribution in [0.25, 0.3) is 0 Å². The first-order valence-electron chi connectivity index (χ1n) is 5.00. The Kier molecular flexibility index (Phi) is 2.70. The number of carboxylic acid groups (broad SMARTS) is 1. The summed E-state index contributed by atoms with van der Waals surface area (Å²) < 4.78 is 0. The number of carbonyl (C=O) groups is 2. The highest BCUT2D eigenvalue weighted by Gasteiger charge is 2.36. The second-order valence-corrected chi connectivity index (χ2v) is 3.75. The van der Waals surface area contributed by atoms with Crippen LogP contribution in [0.5, 0.6) is 0 Å². The van der Waals surface area contributed by atoms with E-state index in [1.807, 2.05) is 0 Å². The summed E-state index contributed by atoms with van der Waals surface area (Å²) in [4.78, 5) is 29.9. The maximum atomic E-state index is 11.6. The molecule has 1 aromatic rings. The topological polar surface area (TPSA) is 134 Å². The van der Waals surface area contributed by atoms with E-state index in [9.17, 15) is 9.59 Å². The van der Waals surface area contributed by atoms with E-state index >= 15 is 0 Å². The van der Waals surface area contributed by atoms with Crippen LogP contribution in [0.4, 0.5) is 5.95 Å². The molecular weight excluding hydrogens is 238 g/mol. The molecule has 0 aliphatic carbocycles. The third-order valence-electron chi connectivity index (χ3n) is 2.64. The number of hydrogen-bond donors (Lipinski definition) is 2. The largest absolute Gasteiger partial charge is 0.481 e. The highest BCUT2D eigenvalue weighted by atomic mass is 16.4. The van der Waals surface area contributed by atoms with Crippen molar-refractivity contribution in [1.82, 2.24) is 9.97 Å². The lowest BCUT2D eigenvalue weighted by atomic mass is 10.1. The molecule has 0 aromatic carbocycles. The molecule has 0 bridgehead atoms. The van der Waals surface area contributed by atoms with Crippen LogP contribution < -0.4 is 4.90 Å². The lowest BCUT2D eigenvalue weighted by Gasteiger charge is -2.11. The number of nitrogens with zero attached hydrogens (tertiary/aromatic N) is 4. The lowest BCUT2D eigenvalue weighted by Crippen LogP contribution is -2.26. The Morgan fingerprint density at radius 3 is 2.67 bits per heavy atom. The van der Waals surface area contributed by atoms with Crippen LogP contribution in [0.1, 0.15) is 17.8 Å². The van der Waals surface area contributed by atoms with Gasteiger partial charge < -0.3 is 10.1 Å². The van der Waals surface area contributed by atoms with Gasteiger partial charge in [0.25, 0.3) is 0 Å². The molecule has 2 rings (SSSR count). The number of hydrogen-bond acceptors (Lipinski definition) is 5. The summed E-state index contributed by atoms with van der Waals surface area (Å²) >= 11 is 0. The first kappa shape index (κ1) is 11.6. The standard InChI is InChI=1S/C10H7N5O3/c11-2-6-7(3-12)14-10(13-6)15-4-5(9(17)18)1-8(15)16/h5H,1,4H2,(H,13,14)(H,17,18). The summed E-state index contributed by atoms with van der Waals surface area (Å²) in [6.45, 7) is -0.0165. The Hall–Kier alpha value is -2.87. The quantitative estimate of drug-likeness (QED) is 0.727. The average molecular weight is 245 g/mol. The Balaban J connectivity index is 2.31. The van der Waals surface area contributed by atoms with Crippen molar-refractivity contribution >= 4 is 17.8 Å². The number of rotatable bonds is 2. The van der Waals surface area contributed by atoms with E-state index in [2.05, 4.69) is 9.97 Å². The molecule has 0 spiro atoms. The Morgan fingerprint density at radius 2 is 2.22 bits per heavy atom. The van der Waals surface area contributed by atoms with Gasteiger partial charge in [-0.2, -0.15) is 10.5 Å². The molecule has 1 amide bonds. The van der Waals surface area contributed by atoms with Crippen molar-refractivity contribution in [2.75, 3.05) is 11.4 Å². The zero-order chi connectivity index (χ0) is 13.3. The third kappa shape index (κ3) is 1.76. The van der Waals surface area contributed by atoms with Gasteiger partial charge in [-0.3, -0.25) is 14.5 Å². The van der Waals surface area contributed by atoms with Gasteiger partial charge in [-0.25, -0.2) is 4.98 Å². The van der Waals surface area contributed by atoms with Gasteiger partial charge in [0.15, 0.2) is 11.4 Å². The van der Waals surface area contributed by atoms with E-state index in [0.29, 0.717) is 0 Å². The monoisotopic (exact) mass is 245 g/mol. The van der Waals surface area contributed by atoms with Crippen molar-refractivity contribution in [2.45, 2.75) is 6.42 Å². The number of anilines is 1. The molecule has 0 saturated carbocycles. The van der Waals surface area contributed by atoms with E-state index in [-0.39, 0.29) is 30.3 Å². The van der Waals surface area contributed by atoms with Crippen LogP contribution in [0, 0.1) is 28.6 Å². The van der Waals surface area contributed by atoms with Gasteiger partial charge in [-0.1, -0.05) is 0 Å². The molecule has 18 heavy (non-hydrogen) atoms. The zero-order valence-electron chi connectivity index (χ0n) is 9.04. The van der Waals surface area contributed by atoms with Gasteiger partial charge in [-0.15, -0.1) is 0 Å². The maximum absolute atomic E-state index is 11.6.